The Morgan fingerprint density at radius 3 is 2.95 bits per heavy atom. The van der Waals surface area contributed by atoms with Crippen molar-refractivity contribution in [2.24, 2.45) is 0 Å². The molecule has 19 heavy (non-hydrogen) atoms. The minimum atomic E-state index is -0.410. The van der Waals surface area contributed by atoms with Gasteiger partial charge < -0.3 is 9.47 Å². The van der Waals surface area contributed by atoms with Gasteiger partial charge in [-0.25, -0.2) is 0 Å². The molecule has 0 amide bonds. The Balaban J connectivity index is 2.06. The van der Waals surface area contributed by atoms with Crippen molar-refractivity contribution < 1.29 is 14.4 Å². The van der Waals surface area contributed by atoms with E-state index < -0.39 is 4.92 Å². The highest BCUT2D eigenvalue weighted by Crippen LogP contribution is 2.27. The van der Waals surface area contributed by atoms with Gasteiger partial charge in [0.1, 0.15) is 0 Å². The van der Waals surface area contributed by atoms with Gasteiger partial charge >= 0.3 is 0 Å². The van der Waals surface area contributed by atoms with E-state index in [1.165, 1.54) is 6.07 Å². The van der Waals surface area contributed by atoms with Crippen LogP contribution in [0.2, 0.25) is 5.02 Å². The van der Waals surface area contributed by atoms with Gasteiger partial charge in [0.25, 0.3) is 5.69 Å². The monoisotopic (exact) mass is 285 g/mol. The van der Waals surface area contributed by atoms with Crippen LogP contribution in [0.5, 0.6) is 0 Å². The van der Waals surface area contributed by atoms with Gasteiger partial charge in [-0.3, -0.25) is 10.1 Å². The van der Waals surface area contributed by atoms with Crippen molar-refractivity contribution >= 4 is 17.3 Å². The molecule has 1 aliphatic heterocycles. The quantitative estimate of drug-likeness (QED) is 0.626. The maximum Gasteiger partial charge on any atom is 0.272 e. The second-order valence-electron chi connectivity index (χ2n) is 4.59. The number of nitro groups is 1. The second-order valence-corrected chi connectivity index (χ2v) is 5.00. The standard InChI is InChI=1S/C13H16ClNO4/c1-9-6-11(14)10(7-12(9)15(16)17)8-19-13-4-2-3-5-18-13/h6-7,13H,2-5,8H2,1H3/t13-/m1/s1. The summed E-state index contributed by atoms with van der Waals surface area (Å²) in [5.74, 6) is 0. The fraction of sp³-hybridized carbons (Fsp3) is 0.538. The Morgan fingerprint density at radius 2 is 2.32 bits per heavy atom. The highest BCUT2D eigenvalue weighted by atomic mass is 35.5. The normalized spacial score (nSPS) is 19.4. The summed E-state index contributed by atoms with van der Waals surface area (Å²) in [6.07, 6.45) is 2.75. The van der Waals surface area contributed by atoms with Crippen LogP contribution in [0.1, 0.15) is 30.4 Å². The molecule has 0 saturated carbocycles. The molecule has 0 spiro atoms. The summed E-state index contributed by atoms with van der Waals surface area (Å²) >= 11 is 6.08. The molecule has 104 valence electrons. The molecule has 1 fully saturated rings. The van der Waals surface area contributed by atoms with E-state index in [0.717, 1.165) is 19.3 Å². The smallest absolute Gasteiger partial charge is 0.272 e. The summed E-state index contributed by atoms with van der Waals surface area (Å²) < 4.78 is 11.0. The van der Waals surface area contributed by atoms with Crippen LogP contribution >= 0.6 is 11.6 Å². The van der Waals surface area contributed by atoms with E-state index in [9.17, 15) is 10.1 Å². The number of benzene rings is 1. The van der Waals surface area contributed by atoms with Gasteiger partial charge in [0.2, 0.25) is 0 Å². The molecule has 5 nitrogen and oxygen atoms in total. The molecule has 0 unspecified atom stereocenters. The topological polar surface area (TPSA) is 61.6 Å². The lowest BCUT2D eigenvalue weighted by molar-refractivity contribution is -0.385. The number of nitro benzene ring substituents is 1. The molecule has 1 aromatic carbocycles. The van der Waals surface area contributed by atoms with Gasteiger partial charge in [0.05, 0.1) is 11.5 Å². The minimum absolute atomic E-state index is 0.0626. The molecule has 2 rings (SSSR count). The molecule has 1 atom stereocenters. The molecule has 1 heterocycles. The largest absolute Gasteiger partial charge is 0.353 e. The number of hydrogen-bond donors (Lipinski definition) is 0. The third kappa shape index (κ3) is 3.65. The van der Waals surface area contributed by atoms with E-state index in [4.69, 9.17) is 21.1 Å². The predicted molar refractivity (Wildman–Crippen MR) is 71.2 cm³/mol. The fourth-order valence-corrected chi connectivity index (χ4v) is 2.31. The van der Waals surface area contributed by atoms with Gasteiger partial charge in [0.15, 0.2) is 6.29 Å². The van der Waals surface area contributed by atoms with Crippen LogP contribution in [0.4, 0.5) is 5.69 Å². The Morgan fingerprint density at radius 1 is 1.53 bits per heavy atom. The summed E-state index contributed by atoms with van der Waals surface area (Å²) in [4.78, 5) is 10.5. The summed E-state index contributed by atoms with van der Waals surface area (Å²) in [7, 11) is 0. The zero-order chi connectivity index (χ0) is 13.8. The average molecular weight is 286 g/mol. The first-order valence-electron chi connectivity index (χ1n) is 6.24. The Kier molecular flexibility index (Phi) is 4.74. The van der Waals surface area contributed by atoms with E-state index in [1.807, 2.05) is 0 Å². The molecule has 0 bridgehead atoms. The van der Waals surface area contributed by atoms with E-state index >= 15 is 0 Å². The summed E-state index contributed by atoms with van der Waals surface area (Å²) in [5.41, 5.74) is 1.23. The van der Waals surface area contributed by atoms with Crippen molar-refractivity contribution in [3.05, 3.63) is 38.4 Å². The number of hydrogen-bond acceptors (Lipinski definition) is 4. The first-order valence-corrected chi connectivity index (χ1v) is 6.62. The van der Waals surface area contributed by atoms with Crippen molar-refractivity contribution in [3.8, 4) is 0 Å². The molecular formula is C13H16ClNO4. The average Bonchev–Trinajstić information content (AvgIpc) is 2.38. The summed E-state index contributed by atoms with van der Waals surface area (Å²) in [5, 5.41) is 11.4. The van der Waals surface area contributed by atoms with Crippen molar-refractivity contribution in [2.45, 2.75) is 39.1 Å². The molecule has 0 aliphatic carbocycles. The van der Waals surface area contributed by atoms with Gasteiger partial charge in [-0.05, 0) is 32.3 Å². The Bertz CT molecular complexity index is 472. The highest BCUT2D eigenvalue weighted by molar-refractivity contribution is 6.31. The van der Waals surface area contributed by atoms with E-state index in [0.29, 0.717) is 22.8 Å². The molecule has 6 heteroatoms. The molecule has 1 saturated heterocycles. The van der Waals surface area contributed by atoms with Crippen LogP contribution in [-0.2, 0) is 16.1 Å². The third-order valence-corrected chi connectivity index (χ3v) is 3.48. The lowest BCUT2D eigenvalue weighted by Crippen LogP contribution is -2.22. The maximum absolute atomic E-state index is 10.9. The van der Waals surface area contributed by atoms with Crippen LogP contribution in [0.3, 0.4) is 0 Å². The van der Waals surface area contributed by atoms with Crippen LogP contribution in [-0.4, -0.2) is 17.8 Å². The van der Waals surface area contributed by atoms with Gasteiger partial charge in [-0.1, -0.05) is 11.6 Å². The van der Waals surface area contributed by atoms with Gasteiger partial charge in [0, 0.05) is 28.8 Å². The molecule has 0 radical (unpaired) electrons. The number of halogens is 1. The van der Waals surface area contributed by atoms with Crippen molar-refractivity contribution in [3.63, 3.8) is 0 Å². The van der Waals surface area contributed by atoms with Crippen molar-refractivity contribution in [2.75, 3.05) is 6.61 Å². The highest BCUT2D eigenvalue weighted by Gasteiger charge is 2.18. The van der Waals surface area contributed by atoms with Crippen LogP contribution in [0, 0.1) is 17.0 Å². The van der Waals surface area contributed by atoms with Crippen LogP contribution in [0.15, 0.2) is 12.1 Å². The van der Waals surface area contributed by atoms with Crippen LogP contribution < -0.4 is 0 Å². The van der Waals surface area contributed by atoms with Crippen molar-refractivity contribution in [1.29, 1.82) is 0 Å². The Labute approximate surface area is 116 Å². The molecule has 0 aromatic heterocycles. The van der Waals surface area contributed by atoms with Gasteiger partial charge in [-0.2, -0.15) is 0 Å². The predicted octanol–water partition coefficient (Wildman–Crippen LogP) is 3.60. The van der Waals surface area contributed by atoms with Crippen LogP contribution in [0.25, 0.3) is 0 Å². The summed E-state index contributed by atoms with van der Waals surface area (Å²) in [6.45, 7) is 2.59. The lowest BCUT2D eigenvalue weighted by atomic mass is 10.1. The van der Waals surface area contributed by atoms with Crippen molar-refractivity contribution in [1.82, 2.24) is 0 Å². The lowest BCUT2D eigenvalue weighted by Gasteiger charge is -2.22. The maximum atomic E-state index is 10.9. The number of nitrogens with zero attached hydrogens (tertiary/aromatic N) is 1. The zero-order valence-corrected chi connectivity index (χ0v) is 11.5. The first kappa shape index (κ1) is 14.2. The SMILES string of the molecule is Cc1cc(Cl)c(CO[C@@H]2CCCCO2)cc1[N+](=O)[O-]. The Hall–Kier alpha value is -1.17. The second kappa shape index (κ2) is 6.32. The van der Waals surface area contributed by atoms with E-state index in [2.05, 4.69) is 0 Å². The summed E-state index contributed by atoms with van der Waals surface area (Å²) in [6, 6.07) is 3.07. The van der Waals surface area contributed by atoms with E-state index in [1.54, 1.807) is 13.0 Å². The minimum Gasteiger partial charge on any atom is -0.353 e. The third-order valence-electron chi connectivity index (χ3n) is 3.12. The molecule has 0 N–H and O–H groups in total. The first-order chi connectivity index (χ1) is 9.08. The molecular weight excluding hydrogens is 270 g/mol. The zero-order valence-electron chi connectivity index (χ0n) is 10.7. The molecule has 1 aromatic rings. The van der Waals surface area contributed by atoms with Gasteiger partial charge in [-0.15, -0.1) is 0 Å². The number of ether oxygens (including phenoxy) is 2. The molecule has 1 aliphatic rings. The number of rotatable bonds is 4. The van der Waals surface area contributed by atoms with E-state index in [-0.39, 0.29) is 18.6 Å². The fourth-order valence-electron chi connectivity index (χ4n) is 2.04. The number of aryl methyl sites for hydroxylation is 1.